The Kier molecular flexibility index (Phi) is 6.87. The third-order valence-corrected chi connectivity index (χ3v) is 4.84. The molecule has 4 N–H and O–H groups in total. The second kappa shape index (κ2) is 8.92. The third kappa shape index (κ3) is 4.61. The zero-order valence-electron chi connectivity index (χ0n) is 15.8. The quantitative estimate of drug-likeness (QED) is 0.402. The number of carbonyl (C=O) groups excluding carboxylic acids is 2. The van der Waals surface area contributed by atoms with Crippen molar-refractivity contribution >= 4 is 11.9 Å². The van der Waals surface area contributed by atoms with E-state index in [1.807, 2.05) is 13.8 Å². The average Bonchev–Trinajstić information content (AvgIpc) is 3.02. The van der Waals surface area contributed by atoms with Crippen molar-refractivity contribution in [1.29, 1.82) is 0 Å². The van der Waals surface area contributed by atoms with E-state index in [9.17, 15) is 9.59 Å². The molecule has 0 aliphatic carbocycles. The highest BCUT2D eigenvalue weighted by atomic mass is 16.6. The second-order valence-electron chi connectivity index (χ2n) is 7.00. The van der Waals surface area contributed by atoms with E-state index in [2.05, 4.69) is 13.2 Å². The third-order valence-electron chi connectivity index (χ3n) is 4.84. The average molecular weight is 374 g/mol. The van der Waals surface area contributed by atoms with E-state index in [0.29, 0.717) is 5.56 Å². The van der Waals surface area contributed by atoms with Crippen molar-refractivity contribution in [2.45, 2.75) is 32.2 Å². The number of nitrogens with two attached hydrogens (primary N) is 2. The Labute approximate surface area is 159 Å². The molecule has 1 amide bonds. The minimum atomic E-state index is -0.679. The molecule has 7 nitrogen and oxygen atoms in total. The number of amides is 1. The van der Waals surface area contributed by atoms with Gasteiger partial charge in [-0.3, -0.25) is 9.59 Å². The lowest BCUT2D eigenvalue weighted by Gasteiger charge is -2.19. The summed E-state index contributed by atoms with van der Waals surface area (Å²) in [5.41, 5.74) is 11.6. The van der Waals surface area contributed by atoms with Gasteiger partial charge in [-0.2, -0.15) is 4.57 Å². The molecule has 0 saturated carbocycles. The van der Waals surface area contributed by atoms with Crippen LogP contribution in [0.1, 0.15) is 30.4 Å². The van der Waals surface area contributed by atoms with Crippen LogP contribution in [0, 0.1) is 17.8 Å². The highest BCUT2D eigenvalue weighted by molar-refractivity contribution is 5.92. The van der Waals surface area contributed by atoms with Crippen LogP contribution in [0.3, 0.4) is 0 Å². The molecule has 2 heterocycles. The van der Waals surface area contributed by atoms with Crippen molar-refractivity contribution in [1.82, 2.24) is 0 Å². The summed E-state index contributed by atoms with van der Waals surface area (Å²) in [5.74, 6) is -1.22. The lowest BCUT2D eigenvalue weighted by Crippen LogP contribution is -2.43. The predicted molar refractivity (Wildman–Crippen MR) is 100 cm³/mol. The number of nitrogens with zero attached hydrogens (tertiary/aromatic N) is 1. The second-order valence-corrected chi connectivity index (χ2v) is 7.00. The maximum Gasteiger partial charge on any atom is 0.323 e. The van der Waals surface area contributed by atoms with E-state index in [1.54, 1.807) is 41.2 Å². The minimum Gasteiger partial charge on any atom is -0.462 e. The molecule has 1 aliphatic rings. The molecule has 1 aliphatic heterocycles. The summed E-state index contributed by atoms with van der Waals surface area (Å²) in [4.78, 5) is 23.5. The summed E-state index contributed by atoms with van der Waals surface area (Å²) in [6.45, 7) is 11.6. The number of rotatable bonds is 8. The number of primary amides is 1. The normalized spacial score (nSPS) is 25.8. The molecule has 0 bridgehead atoms. The largest absolute Gasteiger partial charge is 0.462 e. The SMILES string of the molecule is C=C[C@@H]1[C@H](C=C)[C@@H](COC(=O)[C@@H](N)C(C)C)O[C@H]1[n+]1cccc(C(N)=O)c1. The number of pyridine rings is 1. The number of ether oxygens (including phenoxy) is 2. The van der Waals surface area contributed by atoms with Crippen molar-refractivity contribution in [3.63, 3.8) is 0 Å². The Morgan fingerprint density at radius 1 is 1.33 bits per heavy atom. The molecule has 1 saturated heterocycles. The van der Waals surface area contributed by atoms with Crippen LogP contribution in [0.4, 0.5) is 0 Å². The van der Waals surface area contributed by atoms with Crippen LogP contribution < -0.4 is 16.0 Å². The van der Waals surface area contributed by atoms with Crippen molar-refractivity contribution < 1.29 is 23.6 Å². The smallest absolute Gasteiger partial charge is 0.323 e. The first-order valence-electron chi connectivity index (χ1n) is 8.93. The molecule has 0 radical (unpaired) electrons. The first-order chi connectivity index (χ1) is 12.8. The number of esters is 1. The summed E-state index contributed by atoms with van der Waals surface area (Å²) in [6, 6.07) is 2.68. The van der Waals surface area contributed by atoms with Gasteiger partial charge in [0.1, 0.15) is 24.3 Å². The van der Waals surface area contributed by atoms with E-state index in [-0.39, 0.29) is 24.4 Å². The maximum atomic E-state index is 12.1. The first kappa shape index (κ1) is 20.8. The molecule has 0 spiro atoms. The van der Waals surface area contributed by atoms with Crippen LogP contribution in [-0.4, -0.2) is 30.6 Å². The topological polar surface area (TPSA) is 109 Å². The molecule has 0 unspecified atom stereocenters. The lowest BCUT2D eigenvalue weighted by molar-refractivity contribution is -0.764. The highest BCUT2D eigenvalue weighted by Gasteiger charge is 2.47. The van der Waals surface area contributed by atoms with Gasteiger partial charge in [-0.05, 0) is 12.0 Å². The number of aromatic nitrogens is 1. The lowest BCUT2D eigenvalue weighted by atomic mass is 9.89. The predicted octanol–water partition coefficient (Wildman–Crippen LogP) is 1.10. The molecular weight excluding hydrogens is 346 g/mol. The molecule has 7 heteroatoms. The van der Waals surface area contributed by atoms with Gasteiger partial charge in [0, 0.05) is 12.0 Å². The number of hydrogen-bond donors (Lipinski definition) is 2. The van der Waals surface area contributed by atoms with Gasteiger partial charge in [-0.1, -0.05) is 26.0 Å². The van der Waals surface area contributed by atoms with Crippen molar-refractivity contribution in [3.8, 4) is 0 Å². The van der Waals surface area contributed by atoms with Crippen molar-refractivity contribution in [2.24, 2.45) is 29.2 Å². The molecule has 5 atom stereocenters. The Hall–Kier alpha value is -2.51. The van der Waals surface area contributed by atoms with E-state index < -0.39 is 30.3 Å². The van der Waals surface area contributed by atoms with Gasteiger partial charge in [-0.25, -0.2) is 0 Å². The van der Waals surface area contributed by atoms with Crippen LogP contribution in [0.5, 0.6) is 0 Å². The molecule has 1 aromatic heterocycles. The molecule has 146 valence electrons. The monoisotopic (exact) mass is 374 g/mol. The fraction of sp³-hybridized carbons (Fsp3) is 0.450. The molecular formula is C20H28N3O4+. The number of hydrogen-bond acceptors (Lipinski definition) is 5. The maximum absolute atomic E-state index is 12.1. The minimum absolute atomic E-state index is 0.0158. The zero-order valence-corrected chi connectivity index (χ0v) is 15.8. The van der Waals surface area contributed by atoms with Gasteiger partial charge in [0.2, 0.25) is 0 Å². The molecule has 27 heavy (non-hydrogen) atoms. The van der Waals surface area contributed by atoms with Gasteiger partial charge >= 0.3 is 5.97 Å². The van der Waals surface area contributed by atoms with Gasteiger partial charge in [0.05, 0.1) is 5.92 Å². The fourth-order valence-corrected chi connectivity index (χ4v) is 3.13. The van der Waals surface area contributed by atoms with E-state index in [0.717, 1.165) is 0 Å². The Morgan fingerprint density at radius 3 is 2.56 bits per heavy atom. The van der Waals surface area contributed by atoms with Crippen LogP contribution in [-0.2, 0) is 14.3 Å². The van der Waals surface area contributed by atoms with Gasteiger partial charge in [0.25, 0.3) is 12.1 Å². The Morgan fingerprint density at radius 2 is 2.00 bits per heavy atom. The molecule has 1 fully saturated rings. The zero-order chi connectivity index (χ0) is 20.1. The molecule has 0 aromatic carbocycles. The summed E-state index contributed by atoms with van der Waals surface area (Å²) in [6.07, 6.45) is 6.15. The summed E-state index contributed by atoms with van der Waals surface area (Å²) in [7, 11) is 0. The Bertz CT molecular complexity index is 719. The van der Waals surface area contributed by atoms with Crippen LogP contribution in [0.25, 0.3) is 0 Å². The molecule has 1 aromatic rings. The van der Waals surface area contributed by atoms with E-state index >= 15 is 0 Å². The van der Waals surface area contributed by atoms with E-state index in [4.69, 9.17) is 20.9 Å². The van der Waals surface area contributed by atoms with Gasteiger partial charge in [0.15, 0.2) is 12.4 Å². The number of carbonyl (C=O) groups is 2. The van der Waals surface area contributed by atoms with Crippen LogP contribution in [0.2, 0.25) is 0 Å². The van der Waals surface area contributed by atoms with Crippen LogP contribution in [0.15, 0.2) is 49.8 Å². The first-order valence-corrected chi connectivity index (χ1v) is 8.93. The van der Waals surface area contributed by atoms with Gasteiger partial charge in [-0.15, -0.1) is 13.2 Å². The summed E-state index contributed by atoms with van der Waals surface area (Å²) in [5, 5.41) is 0. The van der Waals surface area contributed by atoms with Crippen molar-refractivity contribution in [3.05, 3.63) is 55.4 Å². The fourth-order valence-electron chi connectivity index (χ4n) is 3.13. The molecule has 2 rings (SSSR count). The summed E-state index contributed by atoms with van der Waals surface area (Å²) >= 11 is 0. The van der Waals surface area contributed by atoms with Crippen molar-refractivity contribution in [2.75, 3.05) is 6.61 Å². The van der Waals surface area contributed by atoms with Gasteiger partial charge < -0.3 is 20.9 Å². The summed E-state index contributed by atoms with van der Waals surface area (Å²) < 4.78 is 13.3. The Balaban J connectivity index is 2.18. The standard InChI is InChI=1S/C20H27N3O4/c1-5-14-15(6-2)19(23-9-7-8-13(10-23)18(22)24)27-16(14)11-26-20(25)17(21)12(3)4/h5-10,12,14-17,19H,1-2,11,21H2,3-4H3,(H-,22,24)/p+1/t14-,15+,16+,17-,19+/m0/s1. The van der Waals surface area contributed by atoms with E-state index in [1.165, 1.54) is 0 Å². The van der Waals surface area contributed by atoms with Crippen LogP contribution >= 0.6 is 0 Å². The highest BCUT2D eigenvalue weighted by Crippen LogP contribution is 2.38.